The average molecular weight is 542 g/mol. The highest BCUT2D eigenvalue weighted by Gasteiger charge is 2.32. The molecular weight excluding hydrogens is 510 g/mol. The number of nitrogens with zero attached hydrogens (tertiary/aromatic N) is 3. The van der Waals surface area contributed by atoms with E-state index in [0.717, 1.165) is 16.8 Å². The number of likely N-dealkylation sites (N-methyl/N-ethyl adjacent to an activating group) is 1. The fraction of sp³-hybridized carbons (Fsp3) is 0.407. The average Bonchev–Trinajstić information content (AvgIpc) is 2.94. The van der Waals surface area contributed by atoms with Gasteiger partial charge in [-0.25, -0.2) is 9.79 Å². The van der Waals surface area contributed by atoms with Gasteiger partial charge in [-0.2, -0.15) is 0 Å². The van der Waals surface area contributed by atoms with E-state index in [1.807, 2.05) is 63.2 Å². The van der Waals surface area contributed by atoms with Crippen LogP contribution in [0, 0.1) is 0 Å². The highest BCUT2D eigenvalue weighted by Crippen LogP contribution is 2.30. The summed E-state index contributed by atoms with van der Waals surface area (Å²) in [7, 11) is 1.72. The second kappa shape index (κ2) is 11.1. The van der Waals surface area contributed by atoms with Crippen molar-refractivity contribution < 1.29 is 14.3 Å². The molecule has 2 aliphatic heterocycles. The van der Waals surface area contributed by atoms with Crippen molar-refractivity contribution in [2.75, 3.05) is 25.0 Å². The highest BCUT2D eigenvalue weighted by molar-refractivity contribution is 7.80. The number of halogens is 1. The van der Waals surface area contributed by atoms with E-state index in [2.05, 4.69) is 10.6 Å². The third-order valence-electron chi connectivity index (χ3n) is 6.19. The minimum Gasteiger partial charge on any atom is -0.444 e. The van der Waals surface area contributed by atoms with Crippen molar-refractivity contribution >= 4 is 52.3 Å². The van der Waals surface area contributed by atoms with E-state index >= 15 is 0 Å². The molecule has 0 bridgehead atoms. The zero-order valence-corrected chi connectivity index (χ0v) is 23.0. The Balaban J connectivity index is 1.47. The molecule has 1 fully saturated rings. The first-order chi connectivity index (χ1) is 17.5. The van der Waals surface area contributed by atoms with E-state index in [9.17, 15) is 9.59 Å². The van der Waals surface area contributed by atoms with Gasteiger partial charge in [-0.3, -0.25) is 4.79 Å². The standard InChI is InChI=1S/C27H32ClN5O3S/c1-27(2,3)36-26(35)33-14-12-19(13-15-33)29-25(37)31-23-24(34)32(4)21-11-10-18(28)16-20(21)22(30-23)17-8-6-5-7-9-17/h5-11,16,19,23H,12-15H2,1-4H3,(H2,29,31,37). The normalized spacial score (nSPS) is 18.5. The van der Waals surface area contributed by atoms with Crippen LogP contribution >= 0.6 is 23.8 Å². The molecule has 4 rings (SSSR count). The van der Waals surface area contributed by atoms with Crippen LogP contribution in [0.3, 0.4) is 0 Å². The number of hydrogen-bond acceptors (Lipinski definition) is 5. The lowest BCUT2D eigenvalue weighted by atomic mass is 10.0. The molecule has 196 valence electrons. The Labute approximate surface area is 228 Å². The van der Waals surface area contributed by atoms with Gasteiger partial charge in [0.2, 0.25) is 6.17 Å². The third kappa shape index (κ3) is 6.59. The number of hydrogen-bond donors (Lipinski definition) is 2. The Morgan fingerprint density at radius 1 is 1.11 bits per heavy atom. The molecule has 2 aromatic rings. The second-order valence-corrected chi connectivity index (χ2v) is 11.0. The van der Waals surface area contributed by atoms with Gasteiger partial charge in [-0.1, -0.05) is 41.9 Å². The van der Waals surface area contributed by atoms with Crippen LogP contribution in [-0.2, 0) is 9.53 Å². The molecule has 2 amide bonds. The first kappa shape index (κ1) is 26.9. The van der Waals surface area contributed by atoms with Gasteiger partial charge in [-0.15, -0.1) is 0 Å². The van der Waals surface area contributed by atoms with Gasteiger partial charge >= 0.3 is 6.09 Å². The monoisotopic (exact) mass is 541 g/mol. The van der Waals surface area contributed by atoms with E-state index in [0.29, 0.717) is 41.8 Å². The summed E-state index contributed by atoms with van der Waals surface area (Å²) in [6.07, 6.45) is 0.193. The molecule has 2 aromatic carbocycles. The van der Waals surface area contributed by atoms with Gasteiger partial charge in [0.05, 0.1) is 11.4 Å². The van der Waals surface area contributed by atoms with Gasteiger partial charge in [0.25, 0.3) is 5.91 Å². The number of carbonyl (C=O) groups excluding carboxylic acids is 2. The van der Waals surface area contributed by atoms with E-state index in [4.69, 9.17) is 33.5 Å². The van der Waals surface area contributed by atoms with E-state index in [1.165, 1.54) is 0 Å². The number of aliphatic imine (C=N–C) groups is 1. The number of rotatable bonds is 3. The topological polar surface area (TPSA) is 86.3 Å². The summed E-state index contributed by atoms with van der Waals surface area (Å²) in [6, 6.07) is 15.2. The van der Waals surface area contributed by atoms with Crippen LogP contribution in [0.2, 0.25) is 5.02 Å². The van der Waals surface area contributed by atoms with Crippen molar-refractivity contribution in [1.29, 1.82) is 0 Å². The predicted molar refractivity (Wildman–Crippen MR) is 150 cm³/mol. The maximum absolute atomic E-state index is 13.4. The molecule has 0 aromatic heterocycles. The van der Waals surface area contributed by atoms with Crippen LogP contribution < -0.4 is 15.5 Å². The summed E-state index contributed by atoms with van der Waals surface area (Å²) in [4.78, 5) is 33.9. The quantitative estimate of drug-likeness (QED) is 0.562. The van der Waals surface area contributed by atoms with Crippen molar-refractivity contribution in [3.63, 3.8) is 0 Å². The van der Waals surface area contributed by atoms with Gasteiger partial charge in [-0.05, 0) is 64.0 Å². The van der Waals surface area contributed by atoms with Crippen molar-refractivity contribution in [2.24, 2.45) is 4.99 Å². The number of amides is 2. The zero-order valence-electron chi connectivity index (χ0n) is 21.5. The minimum absolute atomic E-state index is 0.0610. The predicted octanol–water partition coefficient (Wildman–Crippen LogP) is 4.34. The fourth-order valence-electron chi connectivity index (χ4n) is 4.35. The fourth-order valence-corrected chi connectivity index (χ4v) is 4.80. The number of anilines is 1. The molecule has 0 saturated carbocycles. The summed E-state index contributed by atoms with van der Waals surface area (Å²) >= 11 is 11.9. The Kier molecular flexibility index (Phi) is 8.04. The molecule has 0 radical (unpaired) electrons. The van der Waals surface area contributed by atoms with Crippen molar-refractivity contribution in [1.82, 2.24) is 15.5 Å². The first-order valence-corrected chi connectivity index (χ1v) is 13.1. The van der Waals surface area contributed by atoms with E-state index in [-0.39, 0.29) is 18.0 Å². The molecule has 2 heterocycles. The third-order valence-corrected chi connectivity index (χ3v) is 6.67. The molecule has 10 heteroatoms. The Hall–Kier alpha value is -3.17. The summed E-state index contributed by atoms with van der Waals surface area (Å²) in [5.41, 5.74) is 2.48. The van der Waals surface area contributed by atoms with Crippen LogP contribution in [0.15, 0.2) is 53.5 Å². The molecule has 2 N–H and O–H groups in total. The highest BCUT2D eigenvalue weighted by atomic mass is 35.5. The van der Waals surface area contributed by atoms with Crippen LogP contribution in [0.25, 0.3) is 0 Å². The van der Waals surface area contributed by atoms with Crippen molar-refractivity contribution in [3.8, 4) is 0 Å². The SMILES string of the molecule is CN1C(=O)C(NC(=S)NC2CCN(C(=O)OC(C)(C)C)CC2)N=C(c2ccccc2)c2cc(Cl)ccc21. The van der Waals surface area contributed by atoms with Gasteiger partial charge < -0.3 is 25.2 Å². The number of ether oxygens (including phenoxy) is 1. The number of fused-ring (bicyclic) bond motifs is 1. The smallest absolute Gasteiger partial charge is 0.410 e. The van der Waals surface area contributed by atoms with Crippen LogP contribution in [0.5, 0.6) is 0 Å². The Bertz CT molecular complexity index is 1210. The molecule has 1 unspecified atom stereocenters. The largest absolute Gasteiger partial charge is 0.444 e. The molecule has 1 saturated heterocycles. The Morgan fingerprint density at radius 2 is 1.78 bits per heavy atom. The van der Waals surface area contributed by atoms with Crippen molar-refractivity contribution in [3.05, 3.63) is 64.7 Å². The van der Waals surface area contributed by atoms with Crippen LogP contribution in [0.1, 0.15) is 44.7 Å². The summed E-state index contributed by atoms with van der Waals surface area (Å²) in [6.45, 7) is 6.69. The van der Waals surface area contributed by atoms with Crippen LogP contribution in [-0.4, -0.2) is 65.7 Å². The Morgan fingerprint density at radius 3 is 2.43 bits per heavy atom. The summed E-state index contributed by atoms with van der Waals surface area (Å²) in [5.74, 6) is -0.238. The number of likely N-dealkylation sites (tertiary alicyclic amines) is 1. The van der Waals surface area contributed by atoms with Gasteiger partial charge in [0.15, 0.2) is 5.11 Å². The number of benzene rings is 2. The second-order valence-electron chi connectivity index (χ2n) is 10.2. The molecule has 8 nitrogen and oxygen atoms in total. The van der Waals surface area contributed by atoms with Gasteiger partial charge in [0.1, 0.15) is 5.60 Å². The number of carbonyl (C=O) groups is 2. The number of nitrogens with one attached hydrogen (secondary N) is 2. The maximum Gasteiger partial charge on any atom is 0.410 e. The molecule has 0 spiro atoms. The van der Waals surface area contributed by atoms with Gasteiger partial charge in [0, 0.05) is 42.3 Å². The molecule has 0 aliphatic carbocycles. The molecule has 1 atom stereocenters. The van der Waals surface area contributed by atoms with Crippen LogP contribution in [0.4, 0.5) is 10.5 Å². The summed E-state index contributed by atoms with van der Waals surface area (Å²) < 4.78 is 5.47. The first-order valence-electron chi connectivity index (χ1n) is 12.3. The minimum atomic E-state index is -0.923. The maximum atomic E-state index is 13.4. The van der Waals surface area contributed by atoms with E-state index < -0.39 is 11.8 Å². The lowest BCUT2D eigenvalue weighted by molar-refractivity contribution is -0.119. The molecule has 2 aliphatic rings. The summed E-state index contributed by atoms with van der Waals surface area (Å²) in [5, 5.41) is 7.29. The number of thiocarbonyl (C=S) groups is 1. The van der Waals surface area contributed by atoms with E-state index in [1.54, 1.807) is 22.9 Å². The molecular formula is C27H32ClN5O3S. The number of piperidine rings is 1. The van der Waals surface area contributed by atoms with Crippen molar-refractivity contribution in [2.45, 2.75) is 51.4 Å². The zero-order chi connectivity index (χ0) is 26.7. The number of benzodiazepines with no additional fused rings is 1. The lowest BCUT2D eigenvalue weighted by Crippen LogP contribution is -2.53. The molecule has 37 heavy (non-hydrogen) atoms. The lowest BCUT2D eigenvalue weighted by Gasteiger charge is -2.34.